The number of hydrogen-bond acceptors (Lipinski definition) is 6. The molecule has 2 aromatic carbocycles. The van der Waals surface area contributed by atoms with Crippen LogP contribution in [0, 0.1) is 0 Å². The summed E-state index contributed by atoms with van der Waals surface area (Å²) in [6.45, 7) is -1.56. The van der Waals surface area contributed by atoms with Crippen LogP contribution in [0.5, 0.6) is 0 Å². The maximum Gasteiger partial charge on any atom is 0.416 e. The van der Waals surface area contributed by atoms with Gasteiger partial charge in [0.25, 0.3) is 0 Å². The van der Waals surface area contributed by atoms with E-state index in [2.05, 4.69) is 15.2 Å². The zero-order valence-corrected chi connectivity index (χ0v) is 19.2. The summed E-state index contributed by atoms with van der Waals surface area (Å²) < 4.78 is 84.2. The molecular formula is C22H16ClF6N5O3. The Balaban J connectivity index is 1.61. The molecule has 1 atom stereocenters. The SMILES string of the molecule is O=c1n(Cc2nc(Cc3cccc(C(F)(F)F)c3)no2)nc(-c2ccc(Cl)cc2)n1CC(O)C(F)(F)F. The standard InChI is InChI=1S/C22H16ClF6N5O3/c23-15-6-4-13(5-7-15)19-31-34(20(36)33(19)10-16(35)22(27,28)29)11-18-30-17(32-37-18)9-12-2-1-3-14(8-12)21(24,25)26/h1-8,16,35H,9-11H2. The summed E-state index contributed by atoms with van der Waals surface area (Å²) in [6.07, 6.45) is -12.5. The summed E-state index contributed by atoms with van der Waals surface area (Å²) in [5.41, 5.74) is -1.33. The number of rotatable bonds is 7. The minimum Gasteiger partial charge on any atom is -0.382 e. The topological polar surface area (TPSA) is 99.0 Å². The Hall–Kier alpha value is -3.65. The highest BCUT2D eigenvalue weighted by Gasteiger charge is 2.39. The van der Waals surface area contributed by atoms with Gasteiger partial charge in [-0.05, 0) is 35.9 Å². The van der Waals surface area contributed by atoms with E-state index in [-0.39, 0.29) is 35.1 Å². The molecule has 4 rings (SSSR count). The first kappa shape index (κ1) is 26.4. The summed E-state index contributed by atoms with van der Waals surface area (Å²) in [5, 5.41) is 17.6. The maximum absolute atomic E-state index is 13.0. The van der Waals surface area contributed by atoms with Crippen LogP contribution in [0.3, 0.4) is 0 Å². The van der Waals surface area contributed by atoms with E-state index in [0.29, 0.717) is 9.59 Å². The van der Waals surface area contributed by atoms with Gasteiger partial charge in [0, 0.05) is 17.0 Å². The van der Waals surface area contributed by atoms with Crippen molar-refractivity contribution in [3.05, 3.63) is 86.9 Å². The maximum atomic E-state index is 13.0. The van der Waals surface area contributed by atoms with Crippen molar-refractivity contribution in [2.24, 2.45) is 0 Å². The van der Waals surface area contributed by atoms with Crippen molar-refractivity contribution < 1.29 is 36.0 Å². The van der Waals surface area contributed by atoms with Gasteiger partial charge in [0.1, 0.15) is 6.54 Å². The van der Waals surface area contributed by atoms with Gasteiger partial charge in [-0.25, -0.2) is 9.48 Å². The predicted molar refractivity (Wildman–Crippen MR) is 117 cm³/mol. The van der Waals surface area contributed by atoms with Gasteiger partial charge in [-0.15, -0.1) is 5.10 Å². The molecule has 0 aliphatic heterocycles. The summed E-state index contributed by atoms with van der Waals surface area (Å²) in [4.78, 5) is 16.9. The lowest BCUT2D eigenvalue weighted by molar-refractivity contribution is -0.207. The van der Waals surface area contributed by atoms with Crippen molar-refractivity contribution in [2.75, 3.05) is 0 Å². The molecule has 15 heteroatoms. The molecule has 196 valence electrons. The third kappa shape index (κ3) is 6.20. The largest absolute Gasteiger partial charge is 0.416 e. The lowest BCUT2D eigenvalue weighted by atomic mass is 10.1. The van der Waals surface area contributed by atoms with E-state index in [1.165, 1.54) is 36.4 Å². The molecule has 0 saturated heterocycles. The van der Waals surface area contributed by atoms with Crippen LogP contribution in [0.25, 0.3) is 11.4 Å². The molecule has 0 fully saturated rings. The number of benzene rings is 2. The van der Waals surface area contributed by atoms with Crippen molar-refractivity contribution in [3.63, 3.8) is 0 Å². The smallest absolute Gasteiger partial charge is 0.382 e. The van der Waals surface area contributed by atoms with Crippen molar-refractivity contribution in [1.82, 2.24) is 24.5 Å². The molecule has 0 aliphatic rings. The molecule has 0 saturated carbocycles. The van der Waals surface area contributed by atoms with Gasteiger partial charge in [0.15, 0.2) is 17.8 Å². The van der Waals surface area contributed by atoms with Crippen LogP contribution in [0.15, 0.2) is 57.8 Å². The second-order valence-electron chi connectivity index (χ2n) is 7.92. The van der Waals surface area contributed by atoms with E-state index in [0.717, 1.165) is 16.8 Å². The third-order valence-corrected chi connectivity index (χ3v) is 5.42. The Labute approximate surface area is 208 Å². The Morgan fingerprint density at radius 1 is 1.05 bits per heavy atom. The van der Waals surface area contributed by atoms with E-state index < -0.39 is 42.8 Å². The second kappa shape index (κ2) is 10.0. The van der Waals surface area contributed by atoms with Crippen molar-refractivity contribution in [1.29, 1.82) is 0 Å². The first-order valence-electron chi connectivity index (χ1n) is 10.5. The van der Waals surface area contributed by atoms with Crippen molar-refractivity contribution >= 4 is 11.6 Å². The molecule has 8 nitrogen and oxygen atoms in total. The summed E-state index contributed by atoms with van der Waals surface area (Å²) in [5.74, 6) is -0.311. The molecular weight excluding hydrogens is 532 g/mol. The minimum atomic E-state index is -4.98. The summed E-state index contributed by atoms with van der Waals surface area (Å²) in [6, 6.07) is 10.3. The van der Waals surface area contributed by atoms with Gasteiger partial charge < -0.3 is 9.63 Å². The Morgan fingerprint density at radius 3 is 2.41 bits per heavy atom. The van der Waals surface area contributed by atoms with Gasteiger partial charge in [-0.2, -0.15) is 31.3 Å². The van der Waals surface area contributed by atoms with Gasteiger partial charge >= 0.3 is 18.0 Å². The highest BCUT2D eigenvalue weighted by molar-refractivity contribution is 6.30. The van der Waals surface area contributed by atoms with Crippen LogP contribution in [0.4, 0.5) is 26.3 Å². The van der Waals surface area contributed by atoms with E-state index in [1.54, 1.807) is 0 Å². The van der Waals surface area contributed by atoms with Gasteiger partial charge in [-0.3, -0.25) is 4.57 Å². The van der Waals surface area contributed by atoms with Crippen LogP contribution in [-0.2, 0) is 25.7 Å². The third-order valence-electron chi connectivity index (χ3n) is 5.17. The molecule has 1 unspecified atom stereocenters. The molecule has 2 aromatic heterocycles. The average molecular weight is 548 g/mol. The first-order chi connectivity index (χ1) is 17.3. The normalized spacial score (nSPS) is 13.2. The first-order valence-corrected chi connectivity index (χ1v) is 10.8. The summed E-state index contributed by atoms with van der Waals surface area (Å²) >= 11 is 5.85. The van der Waals surface area contributed by atoms with Crippen molar-refractivity contribution in [3.8, 4) is 11.4 Å². The molecule has 2 heterocycles. The number of halogens is 7. The van der Waals surface area contributed by atoms with Crippen LogP contribution in [0.2, 0.25) is 5.02 Å². The molecule has 4 aromatic rings. The fraction of sp³-hybridized carbons (Fsp3) is 0.273. The highest BCUT2D eigenvalue weighted by Crippen LogP contribution is 2.30. The van der Waals surface area contributed by atoms with Gasteiger partial charge in [-0.1, -0.05) is 35.0 Å². The number of hydrogen-bond donors (Lipinski definition) is 1. The van der Waals surface area contributed by atoms with Crippen LogP contribution < -0.4 is 5.69 Å². The number of nitrogens with zero attached hydrogens (tertiary/aromatic N) is 5. The number of aliphatic hydroxyl groups is 1. The van der Waals surface area contributed by atoms with Crippen LogP contribution >= 0.6 is 11.6 Å². The molecule has 0 aliphatic carbocycles. The zero-order valence-electron chi connectivity index (χ0n) is 18.5. The second-order valence-corrected chi connectivity index (χ2v) is 8.35. The minimum absolute atomic E-state index is 0.0206. The highest BCUT2D eigenvalue weighted by atomic mass is 35.5. The number of aliphatic hydroxyl groups excluding tert-OH is 1. The fourth-order valence-corrected chi connectivity index (χ4v) is 3.52. The lowest BCUT2D eigenvalue weighted by Crippen LogP contribution is -2.37. The molecule has 0 bridgehead atoms. The zero-order chi connectivity index (χ0) is 27.0. The average Bonchev–Trinajstić information content (AvgIpc) is 3.38. The molecule has 0 amide bonds. The van der Waals surface area contributed by atoms with Crippen LogP contribution in [-0.4, -0.2) is 41.9 Å². The van der Waals surface area contributed by atoms with Crippen molar-refractivity contribution in [2.45, 2.75) is 38.0 Å². The predicted octanol–water partition coefficient (Wildman–Crippen LogP) is 4.33. The van der Waals surface area contributed by atoms with E-state index in [1.807, 2.05) is 0 Å². The van der Waals surface area contributed by atoms with Crippen LogP contribution in [0.1, 0.15) is 22.8 Å². The molecule has 37 heavy (non-hydrogen) atoms. The van der Waals surface area contributed by atoms with E-state index in [4.69, 9.17) is 16.1 Å². The molecule has 0 spiro atoms. The summed E-state index contributed by atoms with van der Waals surface area (Å²) in [7, 11) is 0. The Bertz CT molecular complexity index is 1440. The number of aromatic nitrogens is 5. The lowest BCUT2D eigenvalue weighted by Gasteiger charge is -2.15. The Kier molecular flexibility index (Phi) is 7.15. The molecule has 0 radical (unpaired) electrons. The van der Waals surface area contributed by atoms with Gasteiger partial charge in [0.05, 0.1) is 12.1 Å². The molecule has 1 N–H and O–H groups in total. The number of alkyl halides is 6. The van der Waals surface area contributed by atoms with E-state index >= 15 is 0 Å². The fourth-order valence-electron chi connectivity index (χ4n) is 3.39. The quantitative estimate of drug-likeness (QED) is 0.346. The Morgan fingerprint density at radius 2 is 1.76 bits per heavy atom. The monoisotopic (exact) mass is 547 g/mol. The van der Waals surface area contributed by atoms with Gasteiger partial charge in [0.2, 0.25) is 5.89 Å². The van der Waals surface area contributed by atoms with E-state index in [9.17, 15) is 36.2 Å².